The molecule has 120 valence electrons. The number of ether oxygens (including phenoxy) is 1. The highest BCUT2D eigenvalue weighted by Crippen LogP contribution is 2.38. The van der Waals surface area contributed by atoms with Gasteiger partial charge in [0.2, 0.25) is 0 Å². The molecule has 5 heteroatoms. The van der Waals surface area contributed by atoms with E-state index in [4.69, 9.17) is 4.74 Å². The van der Waals surface area contributed by atoms with Gasteiger partial charge in [-0.05, 0) is 55.7 Å². The first-order valence-corrected chi connectivity index (χ1v) is 8.94. The Morgan fingerprint density at radius 2 is 2.09 bits per heavy atom. The number of anilines is 1. The lowest BCUT2D eigenvalue weighted by Crippen LogP contribution is -2.18. The van der Waals surface area contributed by atoms with Crippen LogP contribution in [-0.2, 0) is 13.1 Å². The van der Waals surface area contributed by atoms with Crippen molar-refractivity contribution >= 4 is 22.9 Å². The van der Waals surface area contributed by atoms with Gasteiger partial charge in [0.1, 0.15) is 5.75 Å². The van der Waals surface area contributed by atoms with Crippen LogP contribution in [0.5, 0.6) is 5.75 Å². The number of nitrogens with zero attached hydrogens (tertiary/aromatic N) is 1. The minimum atomic E-state index is -0.0217. The van der Waals surface area contributed by atoms with Gasteiger partial charge >= 0.3 is 0 Å². The third kappa shape index (κ3) is 3.12. The van der Waals surface area contributed by atoms with Crippen LogP contribution in [0, 0.1) is 0 Å². The number of carbonyl (C=O) groups excluding carboxylic acids is 1. The predicted octanol–water partition coefficient (Wildman–Crippen LogP) is 3.88. The lowest BCUT2D eigenvalue weighted by Gasteiger charge is -2.12. The smallest absolute Gasteiger partial charge is 0.265 e. The Hall–Kier alpha value is -1.85. The van der Waals surface area contributed by atoms with Gasteiger partial charge in [0.25, 0.3) is 5.91 Å². The molecular weight excluding hydrogens is 308 g/mol. The lowest BCUT2D eigenvalue weighted by atomic mass is 10.2. The number of rotatable bonds is 5. The fraction of sp³-hybridized carbons (Fsp3) is 0.389. The maximum Gasteiger partial charge on any atom is 0.265 e. The third-order valence-electron chi connectivity index (χ3n) is 4.33. The van der Waals surface area contributed by atoms with E-state index in [0.717, 1.165) is 35.4 Å². The van der Waals surface area contributed by atoms with E-state index in [1.165, 1.54) is 23.3 Å². The van der Waals surface area contributed by atoms with E-state index in [9.17, 15) is 4.79 Å². The van der Waals surface area contributed by atoms with E-state index in [2.05, 4.69) is 16.3 Å². The van der Waals surface area contributed by atoms with Crippen LogP contribution in [0.1, 0.15) is 39.9 Å². The summed E-state index contributed by atoms with van der Waals surface area (Å²) in [6.07, 6.45) is 2.67. The zero-order chi connectivity index (χ0) is 15.8. The molecular formula is C18H20N2O2S. The first-order chi connectivity index (χ1) is 11.2. The van der Waals surface area contributed by atoms with Crippen LogP contribution in [0.4, 0.5) is 5.69 Å². The summed E-state index contributed by atoms with van der Waals surface area (Å²) in [7, 11) is 0. The Morgan fingerprint density at radius 3 is 2.74 bits per heavy atom. The summed E-state index contributed by atoms with van der Waals surface area (Å²) < 4.78 is 5.41. The molecule has 0 atom stereocenters. The van der Waals surface area contributed by atoms with Crippen molar-refractivity contribution in [2.75, 3.05) is 11.9 Å². The molecule has 0 unspecified atom stereocenters. The molecule has 1 aliphatic carbocycles. The molecule has 23 heavy (non-hydrogen) atoms. The highest BCUT2D eigenvalue weighted by atomic mass is 32.1. The summed E-state index contributed by atoms with van der Waals surface area (Å²) in [6, 6.07) is 10.3. The molecule has 2 aliphatic rings. The number of thiophene rings is 1. The molecule has 2 heterocycles. The molecule has 4 nitrogen and oxygen atoms in total. The first kappa shape index (κ1) is 14.7. The number of benzene rings is 1. The van der Waals surface area contributed by atoms with Gasteiger partial charge in [-0.3, -0.25) is 9.69 Å². The van der Waals surface area contributed by atoms with E-state index in [0.29, 0.717) is 6.61 Å². The minimum Gasteiger partial charge on any atom is -0.494 e. The fourth-order valence-corrected chi connectivity index (χ4v) is 4.09. The van der Waals surface area contributed by atoms with Gasteiger partial charge in [0.15, 0.2) is 0 Å². The molecule has 1 N–H and O–H groups in total. The molecule has 1 amide bonds. The van der Waals surface area contributed by atoms with Crippen molar-refractivity contribution in [3.63, 3.8) is 0 Å². The van der Waals surface area contributed by atoms with Gasteiger partial charge < -0.3 is 10.1 Å². The Labute approximate surface area is 140 Å². The second-order valence-electron chi connectivity index (χ2n) is 6.11. The molecule has 0 bridgehead atoms. The molecule has 1 aromatic heterocycles. The van der Waals surface area contributed by atoms with Crippen molar-refractivity contribution in [3.8, 4) is 5.75 Å². The zero-order valence-corrected chi connectivity index (χ0v) is 14.0. The average Bonchev–Trinajstić information content (AvgIpc) is 3.19. The van der Waals surface area contributed by atoms with Crippen molar-refractivity contribution < 1.29 is 9.53 Å². The van der Waals surface area contributed by atoms with Crippen LogP contribution in [0.3, 0.4) is 0 Å². The molecule has 1 fully saturated rings. The molecule has 0 spiro atoms. The van der Waals surface area contributed by atoms with Crippen LogP contribution in [0.2, 0.25) is 0 Å². The Bertz CT molecular complexity index is 696. The van der Waals surface area contributed by atoms with Gasteiger partial charge in [0, 0.05) is 29.7 Å². The summed E-state index contributed by atoms with van der Waals surface area (Å²) >= 11 is 1.63. The van der Waals surface area contributed by atoms with Crippen molar-refractivity contribution in [2.24, 2.45) is 0 Å². The molecule has 2 aromatic rings. The van der Waals surface area contributed by atoms with Crippen molar-refractivity contribution in [1.29, 1.82) is 0 Å². The van der Waals surface area contributed by atoms with Crippen LogP contribution < -0.4 is 10.1 Å². The number of fused-ring (bicyclic) bond motifs is 1. The third-order valence-corrected chi connectivity index (χ3v) is 5.49. The van der Waals surface area contributed by atoms with Crippen molar-refractivity contribution in [3.05, 3.63) is 45.6 Å². The SMILES string of the molecule is CCOc1ccc(NC(=O)c2cc3c(s2)CN(C2CC2)C3)cc1. The summed E-state index contributed by atoms with van der Waals surface area (Å²) in [6.45, 7) is 4.62. The van der Waals surface area contributed by atoms with Gasteiger partial charge in [-0.25, -0.2) is 0 Å². The van der Waals surface area contributed by atoms with E-state index >= 15 is 0 Å². The number of hydrogen-bond acceptors (Lipinski definition) is 4. The topological polar surface area (TPSA) is 41.6 Å². The van der Waals surface area contributed by atoms with Gasteiger partial charge in [0.05, 0.1) is 11.5 Å². The summed E-state index contributed by atoms with van der Waals surface area (Å²) in [5, 5.41) is 2.96. The highest BCUT2D eigenvalue weighted by Gasteiger charge is 2.34. The molecule has 1 aromatic carbocycles. The number of amides is 1. The Kier molecular flexibility index (Phi) is 3.83. The van der Waals surface area contributed by atoms with Crippen LogP contribution in [0.15, 0.2) is 30.3 Å². The van der Waals surface area contributed by atoms with Crippen LogP contribution >= 0.6 is 11.3 Å². The number of nitrogens with one attached hydrogen (secondary N) is 1. The van der Waals surface area contributed by atoms with Crippen LogP contribution in [-0.4, -0.2) is 23.5 Å². The molecule has 0 radical (unpaired) electrons. The van der Waals surface area contributed by atoms with Gasteiger partial charge in [-0.1, -0.05) is 0 Å². The number of carbonyl (C=O) groups is 1. The molecule has 4 rings (SSSR count). The van der Waals surface area contributed by atoms with Gasteiger partial charge in [-0.15, -0.1) is 11.3 Å². The van der Waals surface area contributed by atoms with Crippen molar-refractivity contribution in [1.82, 2.24) is 4.90 Å². The fourth-order valence-electron chi connectivity index (χ4n) is 3.00. The minimum absolute atomic E-state index is 0.0217. The molecule has 0 saturated heterocycles. The average molecular weight is 328 g/mol. The predicted molar refractivity (Wildman–Crippen MR) is 92.2 cm³/mol. The second-order valence-corrected chi connectivity index (χ2v) is 7.24. The summed E-state index contributed by atoms with van der Waals surface area (Å²) in [5.41, 5.74) is 2.13. The highest BCUT2D eigenvalue weighted by molar-refractivity contribution is 7.14. The monoisotopic (exact) mass is 328 g/mol. The molecule has 1 saturated carbocycles. The zero-order valence-electron chi connectivity index (χ0n) is 13.2. The van der Waals surface area contributed by atoms with E-state index < -0.39 is 0 Å². The van der Waals surface area contributed by atoms with E-state index in [1.807, 2.05) is 31.2 Å². The normalized spacial score (nSPS) is 17.1. The lowest BCUT2D eigenvalue weighted by molar-refractivity contribution is 0.103. The Balaban J connectivity index is 1.41. The summed E-state index contributed by atoms with van der Waals surface area (Å²) in [4.78, 5) is 17.1. The largest absolute Gasteiger partial charge is 0.494 e. The quantitative estimate of drug-likeness (QED) is 0.906. The van der Waals surface area contributed by atoms with Crippen LogP contribution in [0.25, 0.3) is 0 Å². The van der Waals surface area contributed by atoms with Gasteiger partial charge in [-0.2, -0.15) is 0 Å². The van der Waals surface area contributed by atoms with Crippen molar-refractivity contribution in [2.45, 2.75) is 38.9 Å². The standard InChI is InChI=1S/C18H20N2O2S/c1-2-22-15-7-3-13(4-8-15)19-18(21)16-9-12-10-20(14-5-6-14)11-17(12)23-16/h3-4,7-9,14H,2,5-6,10-11H2,1H3,(H,19,21). The Morgan fingerprint density at radius 1 is 1.30 bits per heavy atom. The number of hydrogen-bond donors (Lipinski definition) is 1. The van der Waals surface area contributed by atoms with E-state index in [1.54, 1.807) is 11.3 Å². The molecule has 1 aliphatic heterocycles. The second kappa shape index (κ2) is 5.98. The summed E-state index contributed by atoms with van der Waals surface area (Å²) in [5.74, 6) is 0.798. The maximum absolute atomic E-state index is 12.4. The first-order valence-electron chi connectivity index (χ1n) is 8.13. The maximum atomic E-state index is 12.4. The van der Waals surface area contributed by atoms with E-state index in [-0.39, 0.29) is 5.91 Å².